The van der Waals surface area contributed by atoms with E-state index >= 15 is 0 Å². The van der Waals surface area contributed by atoms with E-state index in [2.05, 4.69) is 47.5 Å². The summed E-state index contributed by atoms with van der Waals surface area (Å²) in [6.45, 7) is 4.09. The zero-order chi connectivity index (χ0) is 19.8. The van der Waals surface area contributed by atoms with Gasteiger partial charge in [-0.2, -0.15) is 0 Å². The molecule has 1 fully saturated rings. The summed E-state index contributed by atoms with van der Waals surface area (Å²) in [7, 11) is 4.30. The number of nitrogens with zero attached hydrogens (tertiary/aromatic N) is 3. The van der Waals surface area contributed by atoms with Gasteiger partial charge in [0.25, 0.3) is 0 Å². The Kier molecular flexibility index (Phi) is 5.25. The van der Waals surface area contributed by atoms with Gasteiger partial charge in [-0.05, 0) is 70.6 Å². The topological polar surface area (TPSA) is 61.3 Å². The van der Waals surface area contributed by atoms with Gasteiger partial charge in [0.1, 0.15) is 11.6 Å². The number of phenols is 1. The van der Waals surface area contributed by atoms with Crippen molar-refractivity contribution in [2.24, 2.45) is 0 Å². The molecule has 1 aliphatic carbocycles. The lowest BCUT2D eigenvalue weighted by Gasteiger charge is -2.36. The molecule has 0 bridgehead atoms. The van der Waals surface area contributed by atoms with Crippen LogP contribution in [-0.4, -0.2) is 46.4 Å². The number of nitrogens with one attached hydrogen (secondary N) is 1. The fourth-order valence-corrected chi connectivity index (χ4v) is 5.25. The number of aromatic hydroxyl groups is 1. The van der Waals surface area contributed by atoms with E-state index in [1.807, 2.05) is 25.1 Å². The maximum atomic E-state index is 10.8. The van der Waals surface area contributed by atoms with Crippen LogP contribution in [-0.2, 0) is 0 Å². The van der Waals surface area contributed by atoms with E-state index in [-0.39, 0.29) is 0 Å². The summed E-state index contributed by atoms with van der Waals surface area (Å²) < 4.78 is 1.09. The minimum atomic E-state index is 0.292. The molecule has 2 N–H and O–H groups in total. The van der Waals surface area contributed by atoms with Gasteiger partial charge in [0.2, 0.25) is 0 Å². The summed E-state index contributed by atoms with van der Waals surface area (Å²) in [6, 6.07) is 8.99. The molecule has 1 aliphatic rings. The third-order valence-electron chi connectivity index (χ3n) is 5.76. The highest BCUT2D eigenvalue weighted by atomic mass is 32.1. The SMILES string of the molecule is Cc1cc2c(O)c(-c3nnc(NC4CCCCC4N(C)C)cc3C)ccc2s1. The van der Waals surface area contributed by atoms with Crippen LogP contribution in [0.15, 0.2) is 24.3 Å². The van der Waals surface area contributed by atoms with Crippen LogP contribution in [0.1, 0.15) is 36.1 Å². The van der Waals surface area contributed by atoms with Crippen LogP contribution in [0.2, 0.25) is 0 Å². The van der Waals surface area contributed by atoms with Crippen molar-refractivity contribution >= 4 is 27.2 Å². The fourth-order valence-electron chi connectivity index (χ4n) is 4.32. The summed E-state index contributed by atoms with van der Waals surface area (Å²) >= 11 is 1.69. The van der Waals surface area contributed by atoms with Gasteiger partial charge in [-0.15, -0.1) is 21.5 Å². The first-order chi connectivity index (χ1) is 13.4. The summed E-state index contributed by atoms with van der Waals surface area (Å²) in [4.78, 5) is 3.49. The molecule has 5 nitrogen and oxygen atoms in total. The largest absolute Gasteiger partial charge is 0.507 e. The van der Waals surface area contributed by atoms with Crippen LogP contribution in [0.3, 0.4) is 0 Å². The van der Waals surface area contributed by atoms with Crippen molar-refractivity contribution in [2.45, 2.75) is 51.6 Å². The van der Waals surface area contributed by atoms with Crippen LogP contribution < -0.4 is 5.32 Å². The van der Waals surface area contributed by atoms with Crippen LogP contribution in [0.25, 0.3) is 21.3 Å². The molecule has 0 radical (unpaired) electrons. The average molecular weight is 397 g/mol. The second-order valence-electron chi connectivity index (χ2n) is 8.06. The molecular formula is C22H28N4OS. The molecule has 0 spiro atoms. The van der Waals surface area contributed by atoms with Gasteiger partial charge in [-0.25, -0.2) is 0 Å². The van der Waals surface area contributed by atoms with Crippen LogP contribution in [0.5, 0.6) is 5.75 Å². The van der Waals surface area contributed by atoms with Gasteiger partial charge in [-0.3, -0.25) is 0 Å². The van der Waals surface area contributed by atoms with Crippen molar-refractivity contribution in [1.82, 2.24) is 15.1 Å². The zero-order valence-corrected chi connectivity index (χ0v) is 17.8. The zero-order valence-electron chi connectivity index (χ0n) is 17.0. The van der Waals surface area contributed by atoms with Crippen molar-refractivity contribution in [3.8, 4) is 17.0 Å². The van der Waals surface area contributed by atoms with Gasteiger partial charge in [0.15, 0.2) is 0 Å². The lowest BCUT2D eigenvalue weighted by molar-refractivity contribution is 0.211. The molecule has 148 valence electrons. The summed E-state index contributed by atoms with van der Waals surface area (Å²) in [6.07, 6.45) is 4.90. The average Bonchev–Trinajstić information content (AvgIpc) is 3.04. The van der Waals surface area contributed by atoms with Gasteiger partial charge >= 0.3 is 0 Å². The first kappa shape index (κ1) is 19.2. The number of phenolic OH excluding ortho intramolecular Hbond substituents is 1. The highest BCUT2D eigenvalue weighted by Gasteiger charge is 2.27. The minimum Gasteiger partial charge on any atom is -0.507 e. The number of thiophene rings is 1. The fraction of sp³-hybridized carbons (Fsp3) is 0.455. The Morgan fingerprint density at radius 3 is 2.64 bits per heavy atom. The molecule has 6 heteroatoms. The van der Waals surface area contributed by atoms with Gasteiger partial charge < -0.3 is 15.3 Å². The van der Waals surface area contributed by atoms with E-state index in [1.54, 1.807) is 11.3 Å². The van der Waals surface area contributed by atoms with E-state index in [1.165, 1.54) is 24.1 Å². The predicted molar refractivity (Wildman–Crippen MR) is 117 cm³/mol. The second-order valence-corrected chi connectivity index (χ2v) is 9.35. The van der Waals surface area contributed by atoms with E-state index in [0.29, 0.717) is 17.8 Å². The van der Waals surface area contributed by atoms with Crippen molar-refractivity contribution < 1.29 is 5.11 Å². The van der Waals surface area contributed by atoms with E-state index in [0.717, 1.165) is 39.1 Å². The number of hydrogen-bond donors (Lipinski definition) is 2. The Balaban J connectivity index is 1.62. The lowest BCUT2D eigenvalue weighted by Crippen LogP contribution is -2.45. The molecule has 0 amide bonds. The number of aryl methyl sites for hydroxylation is 2. The maximum Gasteiger partial charge on any atom is 0.149 e. The van der Waals surface area contributed by atoms with Crippen LogP contribution in [0, 0.1) is 13.8 Å². The highest BCUT2D eigenvalue weighted by Crippen LogP contribution is 2.39. The van der Waals surface area contributed by atoms with Crippen molar-refractivity contribution in [3.05, 3.63) is 34.7 Å². The predicted octanol–water partition coefficient (Wildman–Crippen LogP) is 4.97. The molecule has 2 heterocycles. The van der Waals surface area contributed by atoms with Crippen LogP contribution >= 0.6 is 11.3 Å². The number of likely N-dealkylation sites (N-methyl/N-ethyl adjacent to an activating group) is 1. The molecule has 1 aromatic carbocycles. The summed E-state index contributed by atoms with van der Waals surface area (Å²) in [5, 5.41) is 24.2. The lowest BCUT2D eigenvalue weighted by atomic mass is 9.89. The Bertz CT molecular complexity index is 998. The van der Waals surface area contributed by atoms with Gasteiger partial charge in [0.05, 0.1) is 5.69 Å². The Labute approximate surface area is 170 Å². The number of aromatic nitrogens is 2. The van der Waals surface area contributed by atoms with Gasteiger partial charge in [-0.1, -0.05) is 12.8 Å². The third kappa shape index (κ3) is 3.59. The molecule has 2 atom stereocenters. The molecule has 4 rings (SSSR count). The monoisotopic (exact) mass is 396 g/mol. The molecule has 1 saturated carbocycles. The Morgan fingerprint density at radius 2 is 1.89 bits per heavy atom. The standard InChI is InChI=1S/C22H28N4OS/c1-13-11-20(23-17-7-5-6-8-18(17)26(3)4)24-25-21(13)15-9-10-19-16(22(15)27)12-14(2)28-19/h9-12,17-18,27H,5-8H2,1-4H3,(H,23,24). The van der Waals surface area contributed by atoms with Crippen molar-refractivity contribution in [1.29, 1.82) is 0 Å². The molecule has 28 heavy (non-hydrogen) atoms. The van der Waals surface area contributed by atoms with Crippen LogP contribution in [0.4, 0.5) is 5.82 Å². The summed E-state index contributed by atoms with van der Waals surface area (Å²) in [5.41, 5.74) is 2.49. The number of fused-ring (bicyclic) bond motifs is 1. The van der Waals surface area contributed by atoms with E-state index in [4.69, 9.17) is 0 Å². The molecule has 3 aromatic rings. The molecule has 0 saturated heterocycles. The first-order valence-corrected chi connectivity index (χ1v) is 10.8. The number of hydrogen-bond acceptors (Lipinski definition) is 6. The van der Waals surface area contributed by atoms with Crippen molar-refractivity contribution in [2.75, 3.05) is 19.4 Å². The molecule has 2 unspecified atom stereocenters. The van der Waals surface area contributed by atoms with Crippen molar-refractivity contribution in [3.63, 3.8) is 0 Å². The first-order valence-electron chi connectivity index (χ1n) is 9.94. The normalized spacial score (nSPS) is 20.0. The molecule has 2 aromatic heterocycles. The number of rotatable bonds is 4. The van der Waals surface area contributed by atoms with Gasteiger partial charge in [0, 0.05) is 32.6 Å². The molecule has 0 aliphatic heterocycles. The van der Waals surface area contributed by atoms with E-state index in [9.17, 15) is 5.11 Å². The Hall–Kier alpha value is -2.18. The number of anilines is 1. The second kappa shape index (κ2) is 7.68. The highest BCUT2D eigenvalue weighted by molar-refractivity contribution is 7.19. The quantitative estimate of drug-likeness (QED) is 0.652. The molecular weight excluding hydrogens is 368 g/mol. The number of benzene rings is 1. The Morgan fingerprint density at radius 1 is 1.11 bits per heavy atom. The summed E-state index contributed by atoms with van der Waals surface area (Å²) in [5.74, 6) is 1.10. The third-order valence-corrected chi connectivity index (χ3v) is 6.78. The maximum absolute atomic E-state index is 10.8. The smallest absolute Gasteiger partial charge is 0.149 e. The van der Waals surface area contributed by atoms with E-state index < -0.39 is 0 Å². The minimum absolute atomic E-state index is 0.292.